The van der Waals surface area contributed by atoms with Gasteiger partial charge in [0.1, 0.15) is 91.1 Å². The molecule has 10 aromatic carbocycles. The number of nitrogens with zero attached hydrogens (tertiary/aromatic N) is 10. The number of hydrogen-bond acceptors (Lipinski definition) is 5. The van der Waals surface area contributed by atoms with Crippen LogP contribution < -0.4 is 22.8 Å². The van der Waals surface area contributed by atoms with Gasteiger partial charge in [0.15, 0.2) is 28.5 Å². The van der Waals surface area contributed by atoms with Gasteiger partial charge in [0.25, 0.3) is 0 Å². The molecule has 1 unspecified atom stereocenters. The Bertz CT molecular complexity index is 9830. The van der Waals surface area contributed by atoms with Gasteiger partial charge in [-0.2, -0.15) is 22.8 Å². The van der Waals surface area contributed by atoms with Crippen LogP contribution in [-0.4, -0.2) is 0 Å². The quantitative estimate of drug-likeness (QED) is 0.0844. The Hall–Kier alpha value is -15.6. The maximum Gasteiger partial charge on any atom is 0.232 e. The van der Waals surface area contributed by atoms with E-state index in [2.05, 4.69) is 111 Å². The van der Waals surface area contributed by atoms with Gasteiger partial charge in [-0.15, -0.1) is 0 Å². The van der Waals surface area contributed by atoms with Crippen molar-refractivity contribution in [2.24, 2.45) is 35.2 Å². The standard InChI is InChI=1S/3C27H29N2O.2C25H25N2O/c3*1-15(2)19-13-18(6)29(8)23(14-19)24-17(5)9-10-21-22-12-11-20(16(3)4)25(28-7)27(22)30-26(21)24;2*1-14(2)18-10-11-20-19-9-8-16(4)22(24(19)28-25(20)23(18)26-6)21-13-15(3)12-17(5)27(21)7/h3*9-16H,1-6,8H3;2*8-14H,1-5,7H3/q5*+1/i13D,14D,15D,16D;1D3,15D,16D;15D,16D;12D,13D,14D;14D. The highest BCUT2D eigenvalue weighted by molar-refractivity contribution is 6.18. The zero-order valence-electron chi connectivity index (χ0n) is 105. The second kappa shape index (κ2) is 40.9. The van der Waals surface area contributed by atoms with E-state index in [1.165, 1.54) is 18.2 Å². The smallest absolute Gasteiger partial charge is 0.232 e. The molecule has 0 N–H and O–H groups in total. The van der Waals surface area contributed by atoms with Gasteiger partial charge in [-0.3, -0.25) is 0 Å². The van der Waals surface area contributed by atoms with Crippen LogP contribution in [0.5, 0.6) is 0 Å². The Balaban J connectivity index is 0.000000142. The first-order chi connectivity index (χ1) is 74.7. The van der Waals surface area contributed by atoms with Gasteiger partial charge >= 0.3 is 0 Å². The summed E-state index contributed by atoms with van der Waals surface area (Å²) in [6.45, 7) is 86.4. The number of furan rings is 5. The molecule has 10 aromatic heterocycles. The molecule has 0 aliphatic heterocycles. The summed E-state index contributed by atoms with van der Waals surface area (Å²) in [7, 11) is 9.69. The van der Waals surface area contributed by atoms with E-state index in [0.29, 0.717) is 147 Å². The molecule has 15 nitrogen and oxygen atoms in total. The van der Waals surface area contributed by atoms with E-state index in [4.69, 9.17) is 75.5 Å². The SMILES string of the molecule is [2H]C(C)(C)c1cc(C)[n+](C)c(-c2c(C)ccc3c2oc2c([N+]#[C-])c(C([2H])(C)C)ccc23)c1.[2H]C(C)(C)c1ccc2c(oc3c(-c4cc(C([2H])(C)C([2H])([2H])[2H])cc(C)[n+]4C)c(C)ccc32)c1[N+]#[C-].[2H]C(C)(C)c1ccc2c(oc3c(-c4cc(C)cc(C)[n+]4C)c(C)ccc32)c1[N+]#[C-].[2H]c1c(C([2H])(C)C)c([2H])c(-c2c(C)ccc3c2oc2c([N+]#[C-])c(C([2H])(C)C)ccc23)[n+](C)c1C.[2H]c1c(C)c([2H])c(-c2c(C)ccc3c2oc2c([N+]#[C-])c(C([2H])(C)C)ccc23)[n+](C)c1C. The molecule has 0 aliphatic rings. The fraction of sp³-hybridized carbons (Fsp3) is 0.313. The van der Waals surface area contributed by atoms with Crippen LogP contribution >= 0.6 is 0 Å². The van der Waals surface area contributed by atoms with E-state index in [1.807, 2.05) is 207 Å². The zero-order chi connectivity index (χ0) is 119. The Labute approximate surface area is 882 Å². The van der Waals surface area contributed by atoms with Crippen molar-refractivity contribution in [1.82, 2.24) is 0 Å². The van der Waals surface area contributed by atoms with E-state index in [0.717, 1.165) is 160 Å². The van der Waals surface area contributed by atoms with Crippen LogP contribution in [-0.2, 0) is 35.2 Å². The predicted octanol–water partition coefficient (Wildman–Crippen LogP) is 35.8. The summed E-state index contributed by atoms with van der Waals surface area (Å²) >= 11 is 0. The molecule has 0 aliphatic carbocycles. The van der Waals surface area contributed by atoms with Crippen molar-refractivity contribution in [2.45, 2.75) is 241 Å². The third-order valence-corrected chi connectivity index (χ3v) is 28.6. The summed E-state index contributed by atoms with van der Waals surface area (Å²) < 4.78 is 168. The molecule has 736 valence electrons. The predicted molar refractivity (Wildman–Crippen MR) is 603 cm³/mol. The van der Waals surface area contributed by atoms with Crippen molar-refractivity contribution in [3.63, 3.8) is 0 Å². The first kappa shape index (κ1) is 84.9. The molecule has 15 heteroatoms. The van der Waals surface area contributed by atoms with E-state index < -0.39 is 54.0 Å². The Morgan fingerprint density at radius 2 is 0.459 bits per heavy atom. The minimum absolute atomic E-state index is 0.132. The molecule has 0 saturated heterocycles. The van der Waals surface area contributed by atoms with Gasteiger partial charge in [-0.05, 0) is 179 Å². The Kier molecular flexibility index (Phi) is 23.8. The highest BCUT2D eigenvalue weighted by Crippen LogP contribution is 2.51. The van der Waals surface area contributed by atoms with Crippen molar-refractivity contribution < 1.29 is 65.5 Å². The maximum atomic E-state index is 9.04. The molecule has 0 radical (unpaired) electrons. The van der Waals surface area contributed by atoms with Crippen molar-refractivity contribution in [1.29, 1.82) is 0 Å². The molecule has 0 spiro atoms. The van der Waals surface area contributed by atoms with Crippen LogP contribution in [0.3, 0.4) is 0 Å². The lowest BCUT2D eigenvalue weighted by Gasteiger charge is -2.11. The van der Waals surface area contributed by atoms with Crippen LogP contribution in [0.15, 0.2) is 204 Å². The number of benzene rings is 10. The minimum Gasteiger partial charge on any atom is -0.466 e. The lowest BCUT2D eigenvalue weighted by atomic mass is 9.95. The molecule has 20 rings (SSSR count). The van der Waals surface area contributed by atoms with Crippen LogP contribution in [0.4, 0.5) is 28.4 Å². The zero-order valence-corrected chi connectivity index (χ0v) is 90.0. The highest BCUT2D eigenvalue weighted by Gasteiger charge is 2.34. The lowest BCUT2D eigenvalue weighted by Crippen LogP contribution is -2.35. The van der Waals surface area contributed by atoms with Crippen molar-refractivity contribution >= 4 is 138 Å². The Morgan fingerprint density at radius 3 is 0.719 bits per heavy atom. The first-order valence-electron chi connectivity index (χ1n) is 56.6. The van der Waals surface area contributed by atoms with E-state index in [9.17, 15) is 0 Å². The summed E-state index contributed by atoms with van der Waals surface area (Å²) in [6.07, 6.45) is 0. The molecule has 1 atom stereocenters. The van der Waals surface area contributed by atoms with Gasteiger partial charge in [-0.25, -0.2) is 24.2 Å². The van der Waals surface area contributed by atoms with Crippen LogP contribution in [0.1, 0.15) is 290 Å². The molecule has 0 amide bonds. The van der Waals surface area contributed by atoms with Crippen molar-refractivity contribution in [2.75, 3.05) is 0 Å². The second-order valence-electron chi connectivity index (χ2n) is 40.3. The van der Waals surface area contributed by atoms with Gasteiger partial charge in [0, 0.05) is 164 Å². The largest absolute Gasteiger partial charge is 0.466 e. The topological polar surface area (TPSA) is 107 Å². The van der Waals surface area contributed by atoms with Gasteiger partial charge in [0.05, 0.1) is 66.2 Å². The monoisotopic (exact) mass is 1950 g/mol. The lowest BCUT2D eigenvalue weighted by molar-refractivity contribution is -0.666. The van der Waals surface area contributed by atoms with Gasteiger partial charge < -0.3 is 22.1 Å². The van der Waals surface area contributed by atoms with Crippen molar-refractivity contribution in [3.05, 3.63) is 351 Å². The molecule has 0 saturated carbocycles. The molecular formula is C131H137N10O5+5. The third kappa shape index (κ3) is 18.4. The molecule has 0 fully saturated rings. The van der Waals surface area contributed by atoms with E-state index in [1.54, 1.807) is 102 Å². The molecule has 0 bridgehead atoms. The molecule has 10 heterocycles. The maximum absolute atomic E-state index is 9.04. The second-order valence-corrected chi connectivity index (χ2v) is 40.3. The number of pyridine rings is 5. The fourth-order valence-electron chi connectivity index (χ4n) is 20.0. The highest BCUT2D eigenvalue weighted by atomic mass is 16.3. The molecule has 146 heavy (non-hydrogen) atoms. The molecular weight excluding hydrogens is 1790 g/mol. The number of aryl methyl sites for hydroxylation is 9. The van der Waals surface area contributed by atoms with E-state index >= 15 is 0 Å². The van der Waals surface area contributed by atoms with Gasteiger partial charge in [0.2, 0.25) is 56.9 Å². The summed E-state index contributed by atoms with van der Waals surface area (Å²) in [5.41, 5.74) is 32.2. The number of aromatic nitrogens is 5. The number of rotatable bonds is 13. The normalized spacial score (nSPS) is 14.1. The van der Waals surface area contributed by atoms with Crippen molar-refractivity contribution in [3.8, 4) is 56.3 Å². The average Bonchev–Trinajstić information content (AvgIpc) is 1.55. The summed E-state index contributed by atoms with van der Waals surface area (Å²) in [4.78, 5) is 18.7. The van der Waals surface area contributed by atoms with Crippen LogP contribution in [0, 0.1) is 116 Å². The average molecular weight is 1950 g/mol. The molecule has 20 aromatic rings. The Morgan fingerprint density at radius 1 is 0.233 bits per heavy atom. The van der Waals surface area contributed by atoms with Crippen LogP contribution in [0.2, 0.25) is 0 Å². The fourth-order valence-corrected chi connectivity index (χ4v) is 20.0. The number of hydrogen-bond donors (Lipinski definition) is 0. The minimum atomic E-state index is -2.50. The third-order valence-electron chi connectivity index (χ3n) is 28.6. The first-order valence-corrected chi connectivity index (χ1v) is 49.1. The number of fused-ring (bicyclic) bond motifs is 15. The summed E-state index contributed by atoms with van der Waals surface area (Å²) in [5.74, 6) is -8.25. The van der Waals surface area contributed by atoms with Gasteiger partial charge in [-0.1, -0.05) is 232 Å². The summed E-state index contributed by atoms with van der Waals surface area (Å²) in [5, 5.41) is 8.72. The van der Waals surface area contributed by atoms with Crippen LogP contribution in [0.25, 0.3) is 190 Å². The summed E-state index contributed by atoms with van der Waals surface area (Å²) in [6, 6.07) is 52.1. The van der Waals surface area contributed by atoms with E-state index in [-0.39, 0.29) is 12.1 Å².